The molecular weight excluding hydrogens is 452 g/mol. The van der Waals surface area contributed by atoms with Crippen LogP contribution in [0.2, 0.25) is 0 Å². The SMILES string of the molecule is CCCCCN(c1cccc2c1CN(C1CCC(=O)NC1=O)C(=O)C2)[C@H]1CC[C@H](NCC2CC2)CC1. The lowest BCUT2D eigenvalue weighted by Crippen LogP contribution is -2.55. The van der Waals surface area contributed by atoms with E-state index in [1.807, 2.05) is 0 Å². The summed E-state index contributed by atoms with van der Waals surface area (Å²) < 4.78 is 0. The lowest BCUT2D eigenvalue weighted by Gasteiger charge is -2.42. The smallest absolute Gasteiger partial charge is 0.249 e. The van der Waals surface area contributed by atoms with Gasteiger partial charge in [-0.25, -0.2) is 0 Å². The molecule has 1 aromatic carbocycles. The molecule has 5 rings (SSSR count). The quantitative estimate of drug-likeness (QED) is 0.383. The van der Waals surface area contributed by atoms with Crippen molar-refractivity contribution in [1.82, 2.24) is 15.5 Å². The molecule has 0 spiro atoms. The Labute approximate surface area is 215 Å². The van der Waals surface area contributed by atoms with Crippen LogP contribution in [0, 0.1) is 5.92 Å². The molecule has 196 valence electrons. The number of fused-ring (bicyclic) bond motifs is 1. The summed E-state index contributed by atoms with van der Waals surface area (Å²) in [4.78, 5) is 41.7. The highest BCUT2D eigenvalue weighted by atomic mass is 16.2. The van der Waals surface area contributed by atoms with Gasteiger partial charge in [0.2, 0.25) is 17.7 Å². The van der Waals surface area contributed by atoms with Crippen molar-refractivity contribution in [3.63, 3.8) is 0 Å². The zero-order valence-electron chi connectivity index (χ0n) is 21.8. The summed E-state index contributed by atoms with van der Waals surface area (Å²) in [5.41, 5.74) is 3.51. The number of imide groups is 1. The summed E-state index contributed by atoms with van der Waals surface area (Å²) in [7, 11) is 0. The van der Waals surface area contributed by atoms with E-state index in [0.717, 1.165) is 24.4 Å². The topological polar surface area (TPSA) is 81.8 Å². The van der Waals surface area contributed by atoms with Crippen molar-refractivity contribution in [2.45, 2.75) is 109 Å². The average Bonchev–Trinajstić information content (AvgIpc) is 3.70. The van der Waals surface area contributed by atoms with Gasteiger partial charge in [0.05, 0.1) is 6.42 Å². The summed E-state index contributed by atoms with van der Waals surface area (Å²) in [5, 5.41) is 6.25. The van der Waals surface area contributed by atoms with E-state index in [9.17, 15) is 14.4 Å². The molecule has 2 aliphatic carbocycles. The molecule has 1 saturated heterocycles. The Morgan fingerprint density at radius 3 is 2.56 bits per heavy atom. The van der Waals surface area contributed by atoms with Crippen molar-refractivity contribution in [3.05, 3.63) is 29.3 Å². The number of anilines is 1. The molecule has 2 aliphatic heterocycles. The van der Waals surface area contributed by atoms with E-state index >= 15 is 0 Å². The minimum Gasteiger partial charge on any atom is -0.368 e. The molecule has 1 aromatic rings. The van der Waals surface area contributed by atoms with Gasteiger partial charge in [-0.2, -0.15) is 0 Å². The van der Waals surface area contributed by atoms with Crippen molar-refractivity contribution in [2.24, 2.45) is 5.92 Å². The van der Waals surface area contributed by atoms with E-state index in [0.29, 0.717) is 31.5 Å². The fourth-order valence-corrected chi connectivity index (χ4v) is 6.30. The minimum absolute atomic E-state index is 0.0195. The Morgan fingerprint density at radius 2 is 1.83 bits per heavy atom. The Hall–Kier alpha value is -2.41. The molecule has 2 saturated carbocycles. The van der Waals surface area contributed by atoms with Crippen molar-refractivity contribution in [3.8, 4) is 0 Å². The third kappa shape index (κ3) is 5.77. The highest BCUT2D eigenvalue weighted by Gasteiger charge is 2.38. The first-order chi connectivity index (χ1) is 17.5. The maximum atomic E-state index is 13.1. The van der Waals surface area contributed by atoms with Crippen molar-refractivity contribution in [2.75, 3.05) is 18.0 Å². The van der Waals surface area contributed by atoms with Crippen molar-refractivity contribution >= 4 is 23.4 Å². The molecule has 3 amide bonds. The van der Waals surface area contributed by atoms with Gasteiger partial charge < -0.3 is 15.1 Å². The number of hydrogen-bond donors (Lipinski definition) is 2. The van der Waals surface area contributed by atoms with E-state index < -0.39 is 6.04 Å². The van der Waals surface area contributed by atoms with E-state index in [1.54, 1.807) is 4.90 Å². The molecule has 0 aromatic heterocycles. The van der Waals surface area contributed by atoms with Crippen LogP contribution in [0.15, 0.2) is 18.2 Å². The fourth-order valence-electron chi connectivity index (χ4n) is 6.30. The van der Waals surface area contributed by atoms with Crippen LogP contribution in [0.25, 0.3) is 0 Å². The standard InChI is InChI=1S/C29H42N4O3/c1-2-3-4-16-32(23-12-10-22(11-13-23)30-18-20-8-9-20)25-7-5-6-21-17-28(35)33(19-24(21)25)26-14-15-27(34)31-29(26)36/h5-7,20,22-23,26,30H,2-4,8-19H2,1H3,(H,31,34,36)/t22-,23-,26?. The van der Waals surface area contributed by atoms with Gasteiger partial charge in [-0.05, 0) is 81.0 Å². The predicted molar refractivity (Wildman–Crippen MR) is 141 cm³/mol. The van der Waals surface area contributed by atoms with E-state index in [4.69, 9.17) is 0 Å². The Bertz CT molecular complexity index is 967. The second-order valence-electron chi connectivity index (χ2n) is 11.3. The first-order valence-corrected chi connectivity index (χ1v) is 14.3. The number of amides is 3. The average molecular weight is 495 g/mol. The molecule has 2 N–H and O–H groups in total. The number of rotatable bonds is 10. The number of benzene rings is 1. The van der Waals surface area contributed by atoms with Gasteiger partial charge >= 0.3 is 0 Å². The van der Waals surface area contributed by atoms with Crippen molar-refractivity contribution in [1.29, 1.82) is 0 Å². The number of hydrogen-bond acceptors (Lipinski definition) is 5. The van der Waals surface area contributed by atoms with E-state index in [1.165, 1.54) is 69.2 Å². The predicted octanol–water partition coefficient (Wildman–Crippen LogP) is 3.68. The monoisotopic (exact) mass is 494 g/mol. The highest BCUT2D eigenvalue weighted by molar-refractivity contribution is 6.02. The first-order valence-electron chi connectivity index (χ1n) is 14.3. The Balaban J connectivity index is 1.34. The number of carbonyl (C=O) groups is 3. The van der Waals surface area contributed by atoms with E-state index in [2.05, 4.69) is 40.7 Å². The van der Waals surface area contributed by atoms with Crippen LogP contribution < -0.4 is 15.5 Å². The van der Waals surface area contributed by atoms with Crippen LogP contribution in [0.1, 0.15) is 88.7 Å². The second kappa shape index (κ2) is 11.3. The second-order valence-corrected chi connectivity index (χ2v) is 11.3. The summed E-state index contributed by atoms with van der Waals surface area (Å²) in [6, 6.07) is 6.98. The molecule has 1 unspecified atom stereocenters. The molecule has 0 radical (unpaired) electrons. The Morgan fingerprint density at radius 1 is 1.03 bits per heavy atom. The first kappa shape index (κ1) is 25.2. The van der Waals surface area contributed by atoms with Gasteiger partial charge in [-0.15, -0.1) is 0 Å². The highest BCUT2D eigenvalue weighted by Crippen LogP contribution is 2.36. The molecule has 7 nitrogen and oxygen atoms in total. The van der Waals surface area contributed by atoms with E-state index in [-0.39, 0.29) is 24.1 Å². The summed E-state index contributed by atoms with van der Waals surface area (Å²) >= 11 is 0. The van der Waals surface area contributed by atoms with Crippen LogP contribution in [0.4, 0.5) is 5.69 Å². The number of nitrogens with zero attached hydrogens (tertiary/aromatic N) is 2. The van der Waals surface area contributed by atoms with Gasteiger partial charge in [0.15, 0.2) is 0 Å². The molecule has 7 heteroatoms. The maximum absolute atomic E-state index is 13.1. The molecule has 36 heavy (non-hydrogen) atoms. The lowest BCUT2D eigenvalue weighted by atomic mass is 9.88. The number of carbonyl (C=O) groups excluding carboxylic acids is 3. The molecule has 2 heterocycles. The number of unbranched alkanes of at least 4 members (excludes halogenated alkanes) is 2. The van der Waals surface area contributed by atoms with Gasteiger partial charge in [0.1, 0.15) is 6.04 Å². The zero-order chi connectivity index (χ0) is 25.1. The van der Waals surface area contributed by atoms with Gasteiger partial charge in [-0.1, -0.05) is 31.9 Å². The third-order valence-corrected chi connectivity index (χ3v) is 8.67. The summed E-state index contributed by atoms with van der Waals surface area (Å²) in [6.45, 7) is 4.90. The lowest BCUT2D eigenvalue weighted by molar-refractivity contribution is -0.146. The van der Waals surface area contributed by atoms with Gasteiger partial charge in [0, 0.05) is 37.3 Å². The molecule has 3 fully saturated rings. The van der Waals surface area contributed by atoms with Gasteiger partial charge in [0.25, 0.3) is 0 Å². The van der Waals surface area contributed by atoms with Crippen LogP contribution in [0.3, 0.4) is 0 Å². The van der Waals surface area contributed by atoms with Crippen LogP contribution in [-0.2, 0) is 27.3 Å². The molecule has 0 bridgehead atoms. The van der Waals surface area contributed by atoms with Crippen LogP contribution in [0.5, 0.6) is 0 Å². The number of piperidine rings is 1. The summed E-state index contributed by atoms with van der Waals surface area (Å²) in [5.74, 6) is 0.316. The van der Waals surface area contributed by atoms with Crippen molar-refractivity contribution < 1.29 is 14.4 Å². The Kier molecular flexibility index (Phi) is 7.94. The van der Waals surface area contributed by atoms with Gasteiger partial charge in [-0.3, -0.25) is 19.7 Å². The largest absolute Gasteiger partial charge is 0.368 e. The normalized spacial score (nSPS) is 26.5. The molecular formula is C29H42N4O3. The zero-order valence-corrected chi connectivity index (χ0v) is 21.8. The number of nitrogens with one attached hydrogen (secondary N) is 2. The summed E-state index contributed by atoms with van der Waals surface area (Å²) in [6.07, 6.45) is 12.2. The maximum Gasteiger partial charge on any atom is 0.249 e. The minimum atomic E-state index is -0.557. The molecule has 4 aliphatic rings. The fraction of sp³-hybridized carbons (Fsp3) is 0.690. The van der Waals surface area contributed by atoms with Crippen LogP contribution >= 0.6 is 0 Å². The molecule has 1 atom stereocenters. The van der Waals surface area contributed by atoms with Crippen LogP contribution in [-0.4, -0.2) is 53.8 Å². The third-order valence-electron chi connectivity index (χ3n) is 8.67.